The number of hydrogen-bond donors (Lipinski definition) is 3. The molecule has 194 valence electrons. The number of amides is 1. The minimum absolute atomic E-state index is 0.0798. The molecule has 0 radical (unpaired) electrons. The molecule has 0 bridgehead atoms. The molecule has 1 atom stereocenters. The Balaban J connectivity index is 1.49. The molecule has 10 heteroatoms. The second-order valence-electron chi connectivity index (χ2n) is 9.13. The lowest BCUT2D eigenvalue weighted by atomic mass is 10.1. The van der Waals surface area contributed by atoms with Crippen molar-refractivity contribution in [2.45, 2.75) is 39.3 Å². The van der Waals surface area contributed by atoms with Crippen molar-refractivity contribution in [2.75, 3.05) is 29.0 Å². The van der Waals surface area contributed by atoms with Gasteiger partial charge in [0.05, 0.1) is 24.1 Å². The lowest BCUT2D eigenvalue weighted by molar-refractivity contribution is -0.112. The predicted molar refractivity (Wildman–Crippen MR) is 143 cm³/mol. The first-order chi connectivity index (χ1) is 17.7. The fraction of sp³-hybridized carbons (Fsp3) is 0.296. The molecule has 2 heterocycles. The van der Waals surface area contributed by atoms with Crippen LogP contribution in [0.15, 0.2) is 65.6 Å². The lowest BCUT2D eigenvalue weighted by Gasteiger charge is -2.34. The van der Waals surface area contributed by atoms with E-state index in [-0.39, 0.29) is 24.2 Å². The Morgan fingerprint density at radius 2 is 2.05 bits per heavy atom. The van der Waals surface area contributed by atoms with Crippen molar-refractivity contribution in [1.82, 2.24) is 9.78 Å². The van der Waals surface area contributed by atoms with Crippen LogP contribution in [0.4, 0.5) is 25.8 Å². The van der Waals surface area contributed by atoms with E-state index in [4.69, 9.17) is 11.5 Å². The summed E-state index contributed by atoms with van der Waals surface area (Å²) in [5, 5.41) is 7.23. The summed E-state index contributed by atoms with van der Waals surface area (Å²) in [4.78, 5) is 19.9. The highest BCUT2D eigenvalue weighted by Gasteiger charge is 2.21. The van der Waals surface area contributed by atoms with Crippen molar-refractivity contribution in [3.05, 3.63) is 83.3 Å². The van der Waals surface area contributed by atoms with Gasteiger partial charge in [-0.2, -0.15) is 5.10 Å². The minimum Gasteiger partial charge on any atom is -0.399 e. The molecule has 5 N–H and O–H groups in total. The number of nitrogens with one attached hydrogen (secondary N) is 1. The molecular formula is C27H31F2N7O. The van der Waals surface area contributed by atoms with E-state index >= 15 is 0 Å². The Labute approximate surface area is 214 Å². The van der Waals surface area contributed by atoms with E-state index < -0.39 is 11.6 Å². The van der Waals surface area contributed by atoms with Crippen molar-refractivity contribution in [1.29, 1.82) is 0 Å². The highest BCUT2D eigenvalue weighted by atomic mass is 19.2. The van der Waals surface area contributed by atoms with Gasteiger partial charge in [-0.25, -0.2) is 13.8 Å². The van der Waals surface area contributed by atoms with Crippen LogP contribution in [0.1, 0.15) is 37.8 Å². The quantitative estimate of drug-likeness (QED) is 0.253. The monoisotopic (exact) mass is 507 g/mol. The van der Waals surface area contributed by atoms with Gasteiger partial charge in [-0.15, -0.1) is 0 Å². The van der Waals surface area contributed by atoms with Crippen molar-refractivity contribution < 1.29 is 13.6 Å². The molecule has 0 spiro atoms. The number of hydrogen-bond acceptors (Lipinski definition) is 6. The van der Waals surface area contributed by atoms with Crippen molar-refractivity contribution >= 4 is 28.7 Å². The zero-order valence-corrected chi connectivity index (χ0v) is 20.9. The van der Waals surface area contributed by atoms with Gasteiger partial charge < -0.3 is 21.7 Å². The molecular weight excluding hydrogens is 476 g/mol. The highest BCUT2D eigenvalue weighted by Crippen LogP contribution is 2.31. The Hall–Kier alpha value is -4.05. The number of allylic oxidation sites excluding steroid dienone is 1. The Kier molecular flexibility index (Phi) is 7.98. The molecule has 2 aromatic carbocycles. The van der Waals surface area contributed by atoms with Gasteiger partial charge in [-0.05, 0) is 62.6 Å². The van der Waals surface area contributed by atoms with Gasteiger partial charge in [0.2, 0.25) is 0 Å². The van der Waals surface area contributed by atoms with Crippen LogP contribution < -0.4 is 21.7 Å². The number of piperidine rings is 1. The molecule has 3 aromatic rings. The zero-order valence-electron chi connectivity index (χ0n) is 20.9. The van der Waals surface area contributed by atoms with Gasteiger partial charge in [-0.3, -0.25) is 9.48 Å². The van der Waals surface area contributed by atoms with E-state index in [1.807, 2.05) is 12.1 Å². The molecule has 1 aliphatic heterocycles. The zero-order chi connectivity index (χ0) is 26.5. The Morgan fingerprint density at radius 1 is 1.24 bits per heavy atom. The minimum atomic E-state index is -0.905. The van der Waals surface area contributed by atoms with Gasteiger partial charge in [-0.1, -0.05) is 12.1 Å². The number of anilines is 3. The summed E-state index contributed by atoms with van der Waals surface area (Å²) < 4.78 is 28.3. The van der Waals surface area contributed by atoms with Crippen LogP contribution in [-0.4, -0.2) is 40.5 Å². The molecule has 4 rings (SSSR count). The standard InChI is InChI=1S/C27H31F2N7O/c1-3-24(27(37)34-25-12-20(30)7-9-26(25)35-10-4-5-21(31)16-35)33-17(2)19-13-32-36(15-19)14-18-6-8-22(28)23(29)11-18/h3,6-9,11-13,15,21H,4-5,10,14,16,30-31H2,1-2H3,(H,34,37)/b24-3-,33-17?/t21-/m1/s1. The third-order valence-corrected chi connectivity index (χ3v) is 6.24. The van der Waals surface area contributed by atoms with Crippen LogP contribution in [0.5, 0.6) is 0 Å². The highest BCUT2D eigenvalue weighted by molar-refractivity contribution is 6.09. The molecule has 1 aliphatic rings. The first kappa shape index (κ1) is 26.0. The maximum absolute atomic E-state index is 13.5. The number of benzene rings is 2. The van der Waals surface area contributed by atoms with Crippen LogP contribution in [0.25, 0.3) is 0 Å². The van der Waals surface area contributed by atoms with E-state index in [0.717, 1.165) is 37.2 Å². The number of nitrogen functional groups attached to an aromatic ring is 1. The summed E-state index contributed by atoms with van der Waals surface area (Å²) in [6.45, 7) is 5.33. The number of halogens is 2. The first-order valence-electron chi connectivity index (χ1n) is 12.1. The topological polar surface area (TPSA) is 115 Å². The van der Waals surface area contributed by atoms with Crippen molar-refractivity contribution in [2.24, 2.45) is 10.7 Å². The van der Waals surface area contributed by atoms with Crippen LogP contribution in [0.2, 0.25) is 0 Å². The predicted octanol–water partition coefficient (Wildman–Crippen LogP) is 4.07. The summed E-state index contributed by atoms with van der Waals surface area (Å²) in [5.41, 5.74) is 16.3. The molecule has 0 unspecified atom stereocenters. The van der Waals surface area contributed by atoms with Crippen molar-refractivity contribution in [3.63, 3.8) is 0 Å². The third-order valence-electron chi connectivity index (χ3n) is 6.24. The molecule has 0 aliphatic carbocycles. The number of nitrogens with two attached hydrogens (primary N) is 2. The van der Waals surface area contributed by atoms with Crippen LogP contribution in [0, 0.1) is 11.6 Å². The normalized spacial score (nSPS) is 16.7. The van der Waals surface area contributed by atoms with E-state index in [1.54, 1.807) is 43.1 Å². The number of carbonyl (C=O) groups is 1. The third kappa shape index (κ3) is 6.39. The molecule has 1 fully saturated rings. The van der Waals surface area contributed by atoms with Crippen LogP contribution in [-0.2, 0) is 11.3 Å². The molecule has 1 aromatic heterocycles. The average Bonchev–Trinajstić information content (AvgIpc) is 3.33. The van der Waals surface area contributed by atoms with Gasteiger partial charge >= 0.3 is 0 Å². The molecule has 0 saturated carbocycles. The molecule has 8 nitrogen and oxygen atoms in total. The summed E-state index contributed by atoms with van der Waals surface area (Å²) in [6.07, 6.45) is 6.93. The van der Waals surface area contributed by atoms with Gasteiger partial charge in [0.1, 0.15) is 5.70 Å². The van der Waals surface area contributed by atoms with Gasteiger partial charge in [0.15, 0.2) is 11.6 Å². The van der Waals surface area contributed by atoms with Crippen molar-refractivity contribution in [3.8, 4) is 0 Å². The summed E-state index contributed by atoms with van der Waals surface area (Å²) >= 11 is 0. The number of carbonyl (C=O) groups excluding carboxylic acids is 1. The fourth-order valence-corrected chi connectivity index (χ4v) is 4.30. The fourth-order valence-electron chi connectivity index (χ4n) is 4.30. The maximum Gasteiger partial charge on any atom is 0.273 e. The summed E-state index contributed by atoms with van der Waals surface area (Å²) in [5.74, 6) is -2.17. The summed E-state index contributed by atoms with van der Waals surface area (Å²) in [6, 6.07) is 9.25. The summed E-state index contributed by atoms with van der Waals surface area (Å²) in [7, 11) is 0. The largest absolute Gasteiger partial charge is 0.399 e. The SMILES string of the molecule is C/C=C(\N=C(C)c1cnn(Cc2ccc(F)c(F)c2)c1)C(=O)Nc1cc(N)ccc1N1CCC[C@@H](N)C1. The van der Waals surface area contributed by atoms with Crippen LogP contribution in [0.3, 0.4) is 0 Å². The van der Waals surface area contributed by atoms with E-state index in [9.17, 15) is 13.6 Å². The second kappa shape index (κ2) is 11.3. The second-order valence-corrected chi connectivity index (χ2v) is 9.13. The maximum atomic E-state index is 13.5. The van der Waals surface area contributed by atoms with Gasteiger partial charge in [0.25, 0.3) is 5.91 Å². The average molecular weight is 508 g/mol. The molecule has 37 heavy (non-hydrogen) atoms. The Bertz CT molecular complexity index is 1350. The lowest BCUT2D eigenvalue weighted by Crippen LogP contribution is -2.43. The number of aliphatic imine (C=N–C) groups is 1. The smallest absolute Gasteiger partial charge is 0.273 e. The van der Waals surface area contributed by atoms with E-state index in [2.05, 4.69) is 20.3 Å². The van der Waals surface area contributed by atoms with Gasteiger partial charge in [0, 0.05) is 42.3 Å². The van der Waals surface area contributed by atoms with Crippen LogP contribution >= 0.6 is 0 Å². The molecule has 1 saturated heterocycles. The number of rotatable bonds is 7. The molecule has 1 amide bonds. The van der Waals surface area contributed by atoms with E-state index in [1.165, 1.54) is 6.07 Å². The van der Waals surface area contributed by atoms with E-state index in [0.29, 0.717) is 34.8 Å². The number of aromatic nitrogens is 2. The number of nitrogens with zero attached hydrogens (tertiary/aromatic N) is 4. The first-order valence-corrected chi connectivity index (χ1v) is 12.1. The Morgan fingerprint density at radius 3 is 2.78 bits per heavy atom.